The zero-order valence-electron chi connectivity index (χ0n) is 10.4. The zero-order valence-corrected chi connectivity index (χ0v) is 10.4. The lowest BCUT2D eigenvalue weighted by atomic mass is 10.1. The first-order valence-electron chi connectivity index (χ1n) is 6.30. The van der Waals surface area contributed by atoms with Crippen LogP contribution in [0.4, 0.5) is 5.69 Å². The van der Waals surface area contributed by atoms with Gasteiger partial charge in [-0.15, -0.1) is 0 Å². The van der Waals surface area contributed by atoms with Crippen LogP contribution in [0.25, 0.3) is 0 Å². The fourth-order valence-corrected chi connectivity index (χ4v) is 2.57. The molecule has 1 aliphatic rings. The number of nitrogens with one attached hydrogen (secondary N) is 1. The van der Waals surface area contributed by atoms with Crippen molar-refractivity contribution in [2.75, 3.05) is 5.32 Å². The summed E-state index contributed by atoms with van der Waals surface area (Å²) in [4.78, 5) is 0. The van der Waals surface area contributed by atoms with E-state index in [4.69, 9.17) is 5.26 Å². The van der Waals surface area contributed by atoms with Gasteiger partial charge in [0.15, 0.2) is 0 Å². The second-order valence-electron chi connectivity index (χ2n) is 4.78. The van der Waals surface area contributed by atoms with Crippen LogP contribution >= 0.6 is 0 Å². The van der Waals surface area contributed by atoms with Crippen LogP contribution in [0, 0.1) is 11.3 Å². The Hall–Kier alpha value is -2.31. The molecule has 0 fully saturated rings. The fraction of sp³-hybridized carbons (Fsp3) is 0.188. The molecule has 3 heteroatoms. The Labute approximate surface area is 112 Å². The molecule has 0 amide bonds. The van der Waals surface area contributed by atoms with E-state index in [0.29, 0.717) is 12.0 Å². The van der Waals surface area contributed by atoms with Crippen LogP contribution in [0.2, 0.25) is 0 Å². The molecule has 0 saturated carbocycles. The molecule has 2 N–H and O–H groups in total. The molecule has 0 aromatic heterocycles. The van der Waals surface area contributed by atoms with Crippen molar-refractivity contribution in [3.05, 3.63) is 65.2 Å². The molecule has 0 spiro atoms. The molecule has 0 unspecified atom stereocenters. The number of hydrogen-bond acceptors (Lipinski definition) is 3. The predicted molar refractivity (Wildman–Crippen MR) is 73.7 cm³/mol. The maximum Gasteiger partial charge on any atom is 0.0991 e. The van der Waals surface area contributed by atoms with Crippen molar-refractivity contribution >= 4 is 5.69 Å². The van der Waals surface area contributed by atoms with Crippen LogP contribution in [0.15, 0.2) is 48.5 Å². The third-order valence-electron chi connectivity index (χ3n) is 3.54. The van der Waals surface area contributed by atoms with Gasteiger partial charge in [0.2, 0.25) is 0 Å². The maximum absolute atomic E-state index is 10.2. The molecule has 0 saturated heterocycles. The average molecular weight is 250 g/mol. The Morgan fingerprint density at radius 2 is 1.84 bits per heavy atom. The number of aliphatic hydroxyl groups excluding tert-OH is 1. The normalized spacial score (nSPS) is 20.6. The van der Waals surface area contributed by atoms with E-state index >= 15 is 0 Å². The summed E-state index contributed by atoms with van der Waals surface area (Å²) in [7, 11) is 0. The molecular formula is C16H14N2O. The molecule has 2 aromatic carbocycles. The van der Waals surface area contributed by atoms with Gasteiger partial charge in [-0.1, -0.05) is 24.3 Å². The molecule has 0 radical (unpaired) electrons. The van der Waals surface area contributed by atoms with Gasteiger partial charge in [0.05, 0.1) is 23.8 Å². The summed E-state index contributed by atoms with van der Waals surface area (Å²) in [6.07, 6.45) is 0.275. The third kappa shape index (κ3) is 2.18. The SMILES string of the molecule is N#Cc1ccc(N[C@H]2c3ccccc3C[C@H]2O)cc1. The van der Waals surface area contributed by atoms with Crippen molar-refractivity contribution < 1.29 is 5.11 Å². The van der Waals surface area contributed by atoms with Gasteiger partial charge >= 0.3 is 0 Å². The van der Waals surface area contributed by atoms with Gasteiger partial charge < -0.3 is 10.4 Å². The van der Waals surface area contributed by atoms with Crippen molar-refractivity contribution in [3.63, 3.8) is 0 Å². The van der Waals surface area contributed by atoms with Gasteiger partial charge in [0, 0.05) is 12.1 Å². The van der Waals surface area contributed by atoms with E-state index in [9.17, 15) is 5.11 Å². The largest absolute Gasteiger partial charge is 0.390 e. The van der Waals surface area contributed by atoms with E-state index in [-0.39, 0.29) is 6.04 Å². The zero-order chi connectivity index (χ0) is 13.2. The molecule has 94 valence electrons. The van der Waals surface area contributed by atoms with Crippen LogP contribution in [0.3, 0.4) is 0 Å². The minimum atomic E-state index is -0.409. The molecule has 3 nitrogen and oxygen atoms in total. The average Bonchev–Trinajstić information content (AvgIpc) is 2.76. The van der Waals surface area contributed by atoms with Gasteiger partial charge in [-0.25, -0.2) is 0 Å². The first-order valence-corrected chi connectivity index (χ1v) is 6.30. The number of aliphatic hydroxyl groups is 1. The smallest absolute Gasteiger partial charge is 0.0991 e. The Balaban J connectivity index is 1.85. The van der Waals surface area contributed by atoms with Crippen molar-refractivity contribution in [2.24, 2.45) is 0 Å². The topological polar surface area (TPSA) is 56.0 Å². The monoisotopic (exact) mass is 250 g/mol. The highest BCUT2D eigenvalue weighted by atomic mass is 16.3. The van der Waals surface area contributed by atoms with E-state index in [0.717, 1.165) is 11.3 Å². The first-order chi connectivity index (χ1) is 9.28. The molecule has 1 aliphatic carbocycles. The lowest BCUT2D eigenvalue weighted by molar-refractivity contribution is 0.166. The van der Waals surface area contributed by atoms with Crippen LogP contribution < -0.4 is 5.32 Å². The molecule has 2 atom stereocenters. The van der Waals surface area contributed by atoms with Crippen LogP contribution in [0.5, 0.6) is 0 Å². The lowest BCUT2D eigenvalue weighted by Gasteiger charge is -2.19. The van der Waals surface area contributed by atoms with Crippen LogP contribution in [-0.2, 0) is 6.42 Å². The van der Waals surface area contributed by atoms with E-state index in [2.05, 4.69) is 17.5 Å². The molecule has 0 heterocycles. The number of nitriles is 1. The second kappa shape index (κ2) is 4.75. The Bertz CT molecular complexity index is 628. The Morgan fingerprint density at radius 3 is 2.58 bits per heavy atom. The summed E-state index contributed by atoms with van der Waals surface area (Å²) in [6, 6.07) is 17.4. The second-order valence-corrected chi connectivity index (χ2v) is 4.78. The molecule has 3 rings (SSSR count). The third-order valence-corrected chi connectivity index (χ3v) is 3.54. The molecule has 2 aromatic rings. The van der Waals surface area contributed by atoms with E-state index < -0.39 is 6.10 Å². The van der Waals surface area contributed by atoms with Crippen molar-refractivity contribution in [1.82, 2.24) is 0 Å². The number of fused-ring (bicyclic) bond motifs is 1. The van der Waals surface area contributed by atoms with E-state index in [1.165, 1.54) is 5.56 Å². The summed E-state index contributed by atoms with van der Waals surface area (Å²) in [6.45, 7) is 0. The van der Waals surface area contributed by atoms with Gasteiger partial charge in [0.25, 0.3) is 0 Å². The minimum Gasteiger partial charge on any atom is -0.390 e. The minimum absolute atomic E-state index is 0.0795. The molecular weight excluding hydrogens is 236 g/mol. The van der Waals surface area contributed by atoms with Gasteiger partial charge in [-0.3, -0.25) is 0 Å². The van der Waals surface area contributed by atoms with Crippen LogP contribution in [-0.4, -0.2) is 11.2 Å². The highest BCUT2D eigenvalue weighted by Gasteiger charge is 2.30. The molecule has 0 aliphatic heterocycles. The van der Waals surface area contributed by atoms with Crippen molar-refractivity contribution in [1.29, 1.82) is 5.26 Å². The summed E-state index contributed by atoms with van der Waals surface area (Å²) in [5, 5.41) is 22.3. The number of benzene rings is 2. The van der Waals surface area contributed by atoms with E-state index in [1.54, 1.807) is 12.1 Å². The summed E-state index contributed by atoms with van der Waals surface area (Å²) in [5.41, 5.74) is 3.90. The summed E-state index contributed by atoms with van der Waals surface area (Å²) >= 11 is 0. The highest BCUT2D eigenvalue weighted by molar-refractivity contribution is 5.51. The number of hydrogen-bond donors (Lipinski definition) is 2. The number of rotatable bonds is 2. The Morgan fingerprint density at radius 1 is 1.11 bits per heavy atom. The number of nitrogens with zero attached hydrogens (tertiary/aromatic N) is 1. The van der Waals surface area contributed by atoms with Gasteiger partial charge in [-0.05, 0) is 35.4 Å². The predicted octanol–water partition coefficient (Wildman–Crippen LogP) is 2.63. The molecule has 0 bridgehead atoms. The number of anilines is 1. The summed E-state index contributed by atoms with van der Waals surface area (Å²) in [5.74, 6) is 0. The van der Waals surface area contributed by atoms with Crippen LogP contribution in [0.1, 0.15) is 22.7 Å². The standard InChI is InChI=1S/C16H14N2O/c17-10-11-5-7-13(8-6-11)18-16-14-4-2-1-3-12(14)9-15(16)19/h1-8,15-16,18-19H,9H2/t15-,16+/m1/s1. The summed E-state index contributed by atoms with van der Waals surface area (Å²) < 4.78 is 0. The Kier molecular flexibility index (Phi) is 2.94. The molecule has 19 heavy (non-hydrogen) atoms. The quantitative estimate of drug-likeness (QED) is 0.861. The van der Waals surface area contributed by atoms with Crippen molar-refractivity contribution in [3.8, 4) is 6.07 Å². The lowest BCUT2D eigenvalue weighted by Crippen LogP contribution is -2.21. The van der Waals surface area contributed by atoms with Gasteiger partial charge in [-0.2, -0.15) is 5.26 Å². The maximum atomic E-state index is 10.2. The first kappa shape index (κ1) is 11.8. The van der Waals surface area contributed by atoms with E-state index in [1.807, 2.05) is 30.3 Å². The highest BCUT2D eigenvalue weighted by Crippen LogP contribution is 2.33. The van der Waals surface area contributed by atoms with Crippen molar-refractivity contribution in [2.45, 2.75) is 18.6 Å². The van der Waals surface area contributed by atoms with Gasteiger partial charge in [0.1, 0.15) is 0 Å². The fourth-order valence-electron chi connectivity index (χ4n) is 2.57.